The third-order valence-electron chi connectivity index (χ3n) is 2.94. The molecule has 0 aliphatic carbocycles. The molecule has 2 amide bonds. The van der Waals surface area contributed by atoms with Crippen LogP contribution in [0.3, 0.4) is 0 Å². The summed E-state index contributed by atoms with van der Waals surface area (Å²) in [6, 6.07) is 9.98. The second-order valence-electron chi connectivity index (χ2n) is 4.89. The summed E-state index contributed by atoms with van der Waals surface area (Å²) in [5.74, 6) is 0. The highest BCUT2D eigenvalue weighted by Gasteiger charge is 2.09. The van der Waals surface area contributed by atoms with E-state index in [1.54, 1.807) is 0 Å². The number of amides is 2. The Balaban J connectivity index is 2.18. The molecule has 20 heavy (non-hydrogen) atoms. The summed E-state index contributed by atoms with van der Waals surface area (Å²) < 4.78 is 4.78. The standard InChI is InChI=1S/C15H24N2O3/c1-12(8-9-13-6-4-3-5-7-13)17-15(19)16-10-14(18)11-20-2/h3-7,12,14,18H,8-11H2,1-2H3,(H2,16,17,19). The predicted molar refractivity (Wildman–Crippen MR) is 78.6 cm³/mol. The summed E-state index contributed by atoms with van der Waals surface area (Å²) in [5, 5.41) is 14.9. The van der Waals surface area contributed by atoms with Gasteiger partial charge in [0.25, 0.3) is 0 Å². The average molecular weight is 280 g/mol. The third kappa shape index (κ3) is 7.11. The van der Waals surface area contributed by atoms with Crippen LogP contribution in [0.25, 0.3) is 0 Å². The number of nitrogens with one attached hydrogen (secondary N) is 2. The van der Waals surface area contributed by atoms with Gasteiger partial charge in [0.15, 0.2) is 0 Å². The van der Waals surface area contributed by atoms with E-state index in [0.717, 1.165) is 12.8 Å². The van der Waals surface area contributed by atoms with Crippen LogP contribution in [-0.4, -0.2) is 43.5 Å². The largest absolute Gasteiger partial charge is 0.389 e. The van der Waals surface area contributed by atoms with Crippen molar-refractivity contribution in [1.82, 2.24) is 10.6 Å². The summed E-state index contributed by atoms with van der Waals surface area (Å²) >= 11 is 0. The smallest absolute Gasteiger partial charge is 0.315 e. The molecule has 1 rings (SSSR count). The first kappa shape index (κ1) is 16.5. The maximum absolute atomic E-state index is 11.6. The van der Waals surface area contributed by atoms with E-state index >= 15 is 0 Å². The molecular weight excluding hydrogens is 256 g/mol. The maximum atomic E-state index is 11.6. The molecule has 0 fully saturated rings. The van der Waals surface area contributed by atoms with Gasteiger partial charge in [-0.15, -0.1) is 0 Å². The number of aliphatic hydroxyl groups excluding tert-OH is 1. The van der Waals surface area contributed by atoms with Crippen molar-refractivity contribution in [2.24, 2.45) is 0 Å². The lowest BCUT2D eigenvalue weighted by molar-refractivity contribution is 0.0659. The summed E-state index contributed by atoms with van der Waals surface area (Å²) in [7, 11) is 1.51. The first-order valence-corrected chi connectivity index (χ1v) is 6.87. The van der Waals surface area contributed by atoms with E-state index in [1.807, 2.05) is 25.1 Å². The minimum absolute atomic E-state index is 0.0785. The Hall–Kier alpha value is -1.59. The van der Waals surface area contributed by atoms with Crippen molar-refractivity contribution in [2.75, 3.05) is 20.3 Å². The van der Waals surface area contributed by atoms with Crippen LogP contribution in [0.15, 0.2) is 30.3 Å². The molecule has 1 aromatic carbocycles. The number of ether oxygens (including phenoxy) is 1. The lowest BCUT2D eigenvalue weighted by atomic mass is 10.1. The van der Waals surface area contributed by atoms with Gasteiger partial charge < -0.3 is 20.5 Å². The van der Waals surface area contributed by atoms with Crippen molar-refractivity contribution in [1.29, 1.82) is 0 Å². The highest BCUT2D eigenvalue weighted by Crippen LogP contribution is 2.04. The first-order valence-electron chi connectivity index (χ1n) is 6.87. The minimum atomic E-state index is -0.676. The Kier molecular flexibility index (Phi) is 7.69. The molecule has 0 aliphatic heterocycles. The van der Waals surface area contributed by atoms with Gasteiger partial charge in [-0.2, -0.15) is 0 Å². The molecule has 0 radical (unpaired) electrons. The van der Waals surface area contributed by atoms with E-state index < -0.39 is 6.10 Å². The van der Waals surface area contributed by atoms with Crippen LogP contribution >= 0.6 is 0 Å². The average Bonchev–Trinajstić information content (AvgIpc) is 2.44. The first-order chi connectivity index (χ1) is 9.61. The van der Waals surface area contributed by atoms with E-state index in [1.165, 1.54) is 12.7 Å². The van der Waals surface area contributed by atoms with Gasteiger partial charge in [-0.3, -0.25) is 0 Å². The number of carbonyl (C=O) groups excluding carboxylic acids is 1. The highest BCUT2D eigenvalue weighted by molar-refractivity contribution is 5.74. The number of urea groups is 1. The summed E-state index contributed by atoms with van der Waals surface area (Å²) in [6.45, 7) is 2.36. The van der Waals surface area contributed by atoms with E-state index in [4.69, 9.17) is 4.74 Å². The number of hydrogen-bond acceptors (Lipinski definition) is 3. The number of hydrogen-bond donors (Lipinski definition) is 3. The highest BCUT2D eigenvalue weighted by atomic mass is 16.5. The van der Waals surface area contributed by atoms with Crippen molar-refractivity contribution >= 4 is 6.03 Å². The summed E-state index contributed by atoms with van der Waals surface area (Å²) in [4.78, 5) is 11.6. The molecule has 112 valence electrons. The number of aryl methyl sites for hydroxylation is 1. The molecular formula is C15H24N2O3. The fraction of sp³-hybridized carbons (Fsp3) is 0.533. The van der Waals surface area contributed by atoms with E-state index in [2.05, 4.69) is 22.8 Å². The van der Waals surface area contributed by atoms with Crippen LogP contribution in [0.2, 0.25) is 0 Å². The Morgan fingerprint density at radius 1 is 1.35 bits per heavy atom. The molecule has 2 atom stereocenters. The quantitative estimate of drug-likeness (QED) is 0.672. The lowest BCUT2D eigenvalue weighted by Crippen LogP contribution is -2.44. The van der Waals surface area contributed by atoms with Crippen molar-refractivity contribution in [2.45, 2.75) is 31.9 Å². The maximum Gasteiger partial charge on any atom is 0.315 e. The van der Waals surface area contributed by atoms with Crippen LogP contribution in [-0.2, 0) is 11.2 Å². The van der Waals surface area contributed by atoms with Crippen LogP contribution in [0.4, 0.5) is 4.79 Å². The fourth-order valence-electron chi connectivity index (χ4n) is 1.84. The van der Waals surface area contributed by atoms with Gasteiger partial charge >= 0.3 is 6.03 Å². The molecule has 1 aromatic rings. The zero-order chi connectivity index (χ0) is 14.8. The third-order valence-corrected chi connectivity index (χ3v) is 2.94. The zero-order valence-corrected chi connectivity index (χ0v) is 12.1. The summed E-state index contributed by atoms with van der Waals surface area (Å²) in [5.41, 5.74) is 1.26. The molecule has 0 heterocycles. The molecule has 0 spiro atoms. The molecule has 0 saturated carbocycles. The normalized spacial score (nSPS) is 13.6. The Morgan fingerprint density at radius 2 is 2.05 bits per heavy atom. The van der Waals surface area contributed by atoms with Crippen LogP contribution in [0.5, 0.6) is 0 Å². The van der Waals surface area contributed by atoms with Crippen molar-refractivity contribution < 1.29 is 14.6 Å². The molecule has 0 saturated heterocycles. The van der Waals surface area contributed by atoms with Crippen LogP contribution < -0.4 is 10.6 Å². The van der Waals surface area contributed by atoms with Crippen LogP contribution in [0.1, 0.15) is 18.9 Å². The molecule has 5 heteroatoms. The fourth-order valence-corrected chi connectivity index (χ4v) is 1.84. The van der Waals surface area contributed by atoms with Gasteiger partial charge in [-0.25, -0.2) is 4.79 Å². The van der Waals surface area contributed by atoms with Crippen LogP contribution in [0, 0.1) is 0 Å². The molecule has 2 unspecified atom stereocenters. The SMILES string of the molecule is COCC(O)CNC(=O)NC(C)CCc1ccccc1. The Morgan fingerprint density at radius 3 is 2.70 bits per heavy atom. The number of methoxy groups -OCH3 is 1. The minimum Gasteiger partial charge on any atom is -0.389 e. The van der Waals surface area contributed by atoms with Gasteiger partial charge in [-0.1, -0.05) is 30.3 Å². The molecule has 5 nitrogen and oxygen atoms in total. The Labute approximate surface area is 120 Å². The van der Waals surface area contributed by atoms with Gasteiger partial charge in [0, 0.05) is 19.7 Å². The van der Waals surface area contributed by atoms with E-state index in [9.17, 15) is 9.90 Å². The van der Waals surface area contributed by atoms with Gasteiger partial charge in [0.1, 0.15) is 0 Å². The summed E-state index contributed by atoms with van der Waals surface area (Å²) in [6.07, 6.45) is 1.12. The second-order valence-corrected chi connectivity index (χ2v) is 4.89. The van der Waals surface area contributed by atoms with Crippen molar-refractivity contribution in [3.8, 4) is 0 Å². The van der Waals surface area contributed by atoms with E-state index in [-0.39, 0.29) is 25.2 Å². The zero-order valence-electron chi connectivity index (χ0n) is 12.1. The monoisotopic (exact) mass is 280 g/mol. The van der Waals surface area contributed by atoms with Gasteiger partial charge in [0.05, 0.1) is 12.7 Å². The number of benzene rings is 1. The number of aliphatic hydroxyl groups is 1. The topological polar surface area (TPSA) is 70.6 Å². The predicted octanol–water partition coefficient (Wildman–Crippen LogP) is 1.31. The molecule has 0 bridgehead atoms. The van der Waals surface area contributed by atoms with Gasteiger partial charge in [-0.05, 0) is 25.3 Å². The van der Waals surface area contributed by atoms with E-state index in [0.29, 0.717) is 0 Å². The molecule has 3 N–H and O–H groups in total. The van der Waals surface area contributed by atoms with Crippen molar-refractivity contribution in [3.05, 3.63) is 35.9 Å². The lowest BCUT2D eigenvalue weighted by Gasteiger charge is -2.16. The Bertz CT molecular complexity index is 384. The van der Waals surface area contributed by atoms with Gasteiger partial charge in [0.2, 0.25) is 0 Å². The molecule has 0 aromatic heterocycles. The number of rotatable bonds is 8. The second kappa shape index (κ2) is 9.34. The number of carbonyl (C=O) groups is 1. The molecule has 0 aliphatic rings. The van der Waals surface area contributed by atoms with Crippen molar-refractivity contribution in [3.63, 3.8) is 0 Å².